The molecule has 88 valence electrons. The van der Waals surface area contributed by atoms with E-state index in [2.05, 4.69) is 5.32 Å². The Morgan fingerprint density at radius 2 is 2.00 bits per heavy atom. The molecule has 0 unspecified atom stereocenters. The number of carbonyl (C=O) groups is 1. The van der Waals surface area contributed by atoms with Crippen molar-refractivity contribution < 1.29 is 17.1 Å². The number of nitrogens with one attached hydrogen (secondary N) is 1. The van der Waals surface area contributed by atoms with Gasteiger partial charge < -0.3 is 5.32 Å². The summed E-state index contributed by atoms with van der Waals surface area (Å²) in [5, 5.41) is 2.32. The number of hydrogen-bond acceptors (Lipinski definition) is 3. The van der Waals surface area contributed by atoms with Crippen molar-refractivity contribution in [2.24, 2.45) is 0 Å². The summed E-state index contributed by atoms with van der Waals surface area (Å²) in [6.07, 6.45) is 0. The molecule has 0 saturated heterocycles. The molecule has 0 aliphatic heterocycles. The normalized spacial score (nSPS) is 11.2. The van der Waals surface area contributed by atoms with Gasteiger partial charge in [0.25, 0.3) is 5.91 Å². The minimum Gasteiger partial charge on any atom is -0.355 e. The lowest BCUT2D eigenvalue weighted by Crippen LogP contribution is -2.18. The van der Waals surface area contributed by atoms with Crippen molar-refractivity contribution in [1.82, 2.24) is 5.32 Å². The van der Waals surface area contributed by atoms with Gasteiger partial charge in [-0.15, -0.1) is 3.89 Å². The molecule has 16 heavy (non-hydrogen) atoms. The van der Waals surface area contributed by atoms with E-state index in [0.29, 0.717) is 0 Å². The maximum atomic E-state index is 12.9. The van der Waals surface area contributed by atoms with E-state index in [-0.39, 0.29) is 16.1 Å². The number of benzene rings is 1. The SMILES string of the molecule is CNC(=O)c1cc(Cl)c(C)c(S(=O)(=O)F)c1. The summed E-state index contributed by atoms with van der Waals surface area (Å²) >= 11 is 5.71. The van der Waals surface area contributed by atoms with E-state index < -0.39 is 21.0 Å². The van der Waals surface area contributed by atoms with Crippen LogP contribution < -0.4 is 5.32 Å². The van der Waals surface area contributed by atoms with Crippen LogP contribution in [0.4, 0.5) is 3.89 Å². The first kappa shape index (κ1) is 12.9. The highest BCUT2D eigenvalue weighted by atomic mass is 35.5. The van der Waals surface area contributed by atoms with Crippen molar-refractivity contribution in [2.75, 3.05) is 7.05 Å². The van der Waals surface area contributed by atoms with E-state index in [1.165, 1.54) is 20.0 Å². The summed E-state index contributed by atoms with van der Waals surface area (Å²) in [6.45, 7) is 1.36. The van der Waals surface area contributed by atoms with Gasteiger partial charge in [-0.3, -0.25) is 4.79 Å². The number of rotatable bonds is 2. The molecule has 1 N–H and O–H groups in total. The Kier molecular flexibility index (Phi) is 3.54. The average molecular weight is 266 g/mol. The minimum atomic E-state index is -4.88. The molecule has 0 aliphatic rings. The smallest absolute Gasteiger partial charge is 0.332 e. The van der Waals surface area contributed by atoms with E-state index in [4.69, 9.17) is 11.6 Å². The molecule has 0 aromatic heterocycles. The second kappa shape index (κ2) is 4.39. The third-order valence-corrected chi connectivity index (χ3v) is 3.39. The van der Waals surface area contributed by atoms with Crippen LogP contribution in [-0.2, 0) is 10.2 Å². The zero-order chi connectivity index (χ0) is 12.5. The minimum absolute atomic E-state index is 0.00525. The first-order valence-corrected chi connectivity index (χ1v) is 6.00. The lowest BCUT2D eigenvalue weighted by atomic mass is 10.1. The van der Waals surface area contributed by atoms with E-state index >= 15 is 0 Å². The molecule has 0 atom stereocenters. The summed E-state index contributed by atoms with van der Waals surface area (Å²) in [5.74, 6) is -0.535. The van der Waals surface area contributed by atoms with E-state index in [1.54, 1.807) is 0 Å². The predicted molar refractivity (Wildman–Crippen MR) is 57.9 cm³/mol. The van der Waals surface area contributed by atoms with Crippen molar-refractivity contribution in [2.45, 2.75) is 11.8 Å². The van der Waals surface area contributed by atoms with E-state index in [0.717, 1.165) is 6.07 Å². The second-order valence-corrected chi connectivity index (χ2v) is 4.82. The van der Waals surface area contributed by atoms with Gasteiger partial charge in [0.2, 0.25) is 0 Å². The van der Waals surface area contributed by atoms with Gasteiger partial charge in [0.15, 0.2) is 0 Å². The third kappa shape index (κ3) is 2.51. The zero-order valence-electron chi connectivity index (χ0n) is 8.54. The maximum Gasteiger partial charge on any atom is 0.332 e. The quantitative estimate of drug-likeness (QED) is 0.828. The molecule has 0 saturated carbocycles. The number of amides is 1. The highest BCUT2D eigenvalue weighted by Gasteiger charge is 2.20. The summed E-state index contributed by atoms with van der Waals surface area (Å²) in [5.41, 5.74) is 0.0751. The molecule has 0 aliphatic carbocycles. The number of hydrogen-bond donors (Lipinski definition) is 1. The van der Waals surface area contributed by atoms with Crippen LogP contribution in [0.1, 0.15) is 15.9 Å². The fourth-order valence-corrected chi connectivity index (χ4v) is 2.20. The summed E-state index contributed by atoms with van der Waals surface area (Å²) in [6, 6.07) is 2.24. The zero-order valence-corrected chi connectivity index (χ0v) is 10.1. The fraction of sp³-hybridized carbons (Fsp3) is 0.222. The van der Waals surface area contributed by atoms with Gasteiger partial charge >= 0.3 is 10.2 Å². The van der Waals surface area contributed by atoms with Crippen LogP contribution in [0.25, 0.3) is 0 Å². The molecule has 7 heteroatoms. The molecule has 1 amide bonds. The third-order valence-electron chi connectivity index (χ3n) is 2.05. The molecule has 1 aromatic carbocycles. The Labute approximate surface area is 97.6 Å². The van der Waals surface area contributed by atoms with Gasteiger partial charge in [-0.1, -0.05) is 11.6 Å². The second-order valence-electron chi connectivity index (χ2n) is 3.10. The maximum absolute atomic E-state index is 12.9. The van der Waals surface area contributed by atoms with Crippen LogP contribution >= 0.6 is 11.6 Å². The predicted octanol–water partition coefficient (Wildman–Crippen LogP) is 1.67. The van der Waals surface area contributed by atoms with Crippen molar-refractivity contribution >= 4 is 27.7 Å². The van der Waals surface area contributed by atoms with Gasteiger partial charge in [0.1, 0.15) is 4.90 Å². The first-order chi connectivity index (χ1) is 7.27. The largest absolute Gasteiger partial charge is 0.355 e. The Bertz CT molecular complexity index is 542. The van der Waals surface area contributed by atoms with Gasteiger partial charge in [0.05, 0.1) is 0 Å². The van der Waals surface area contributed by atoms with Crippen LogP contribution in [0.3, 0.4) is 0 Å². The number of carbonyl (C=O) groups excluding carboxylic acids is 1. The van der Waals surface area contributed by atoms with Crippen molar-refractivity contribution in [3.63, 3.8) is 0 Å². The molecular weight excluding hydrogens is 257 g/mol. The van der Waals surface area contributed by atoms with Crippen LogP contribution in [-0.4, -0.2) is 21.4 Å². The molecule has 0 heterocycles. The highest BCUT2D eigenvalue weighted by molar-refractivity contribution is 7.86. The topological polar surface area (TPSA) is 63.2 Å². The molecule has 0 fully saturated rings. The van der Waals surface area contributed by atoms with Gasteiger partial charge in [0, 0.05) is 17.6 Å². The van der Waals surface area contributed by atoms with E-state index in [9.17, 15) is 17.1 Å². The Morgan fingerprint density at radius 1 is 1.44 bits per heavy atom. The van der Waals surface area contributed by atoms with Crippen molar-refractivity contribution in [1.29, 1.82) is 0 Å². The van der Waals surface area contributed by atoms with Crippen LogP contribution in [0.15, 0.2) is 17.0 Å². The lowest BCUT2D eigenvalue weighted by molar-refractivity contribution is 0.0963. The summed E-state index contributed by atoms with van der Waals surface area (Å²) in [7, 11) is -3.51. The van der Waals surface area contributed by atoms with Gasteiger partial charge in [-0.05, 0) is 24.6 Å². The Balaban J connectivity index is 3.52. The standard InChI is InChI=1S/C9H9ClFNO3S/c1-5-7(10)3-6(9(13)12-2)4-8(5)16(11,14)15/h3-4H,1-2H3,(H,12,13). The fourth-order valence-electron chi connectivity index (χ4n) is 1.18. The molecular formula is C9H9ClFNO3S. The van der Waals surface area contributed by atoms with E-state index in [1.807, 2.05) is 0 Å². The van der Waals surface area contributed by atoms with Gasteiger partial charge in [-0.2, -0.15) is 8.42 Å². The average Bonchev–Trinajstić information content (AvgIpc) is 2.18. The molecule has 1 rings (SSSR count). The monoisotopic (exact) mass is 265 g/mol. The Morgan fingerprint density at radius 3 is 2.44 bits per heavy atom. The molecule has 1 aromatic rings. The number of halogens is 2. The summed E-state index contributed by atoms with van der Waals surface area (Å²) < 4.78 is 34.5. The van der Waals surface area contributed by atoms with Crippen LogP contribution in [0.2, 0.25) is 5.02 Å². The first-order valence-electron chi connectivity index (χ1n) is 4.24. The van der Waals surface area contributed by atoms with Crippen LogP contribution in [0.5, 0.6) is 0 Å². The lowest BCUT2D eigenvalue weighted by Gasteiger charge is -2.07. The molecule has 0 spiro atoms. The molecule has 4 nitrogen and oxygen atoms in total. The molecule has 0 radical (unpaired) electrons. The highest BCUT2D eigenvalue weighted by Crippen LogP contribution is 2.26. The van der Waals surface area contributed by atoms with Gasteiger partial charge in [-0.25, -0.2) is 0 Å². The Hall–Kier alpha value is -1.14. The van der Waals surface area contributed by atoms with Crippen molar-refractivity contribution in [3.8, 4) is 0 Å². The van der Waals surface area contributed by atoms with Crippen molar-refractivity contribution in [3.05, 3.63) is 28.3 Å². The molecule has 0 bridgehead atoms. The summed E-state index contributed by atoms with van der Waals surface area (Å²) in [4.78, 5) is 10.7. The van der Waals surface area contributed by atoms with Crippen LogP contribution in [0, 0.1) is 6.92 Å².